The molecule has 0 unspecified atom stereocenters. The summed E-state index contributed by atoms with van der Waals surface area (Å²) in [4.78, 5) is 29.0. The van der Waals surface area contributed by atoms with Crippen LogP contribution in [0.4, 0.5) is 4.39 Å². The van der Waals surface area contributed by atoms with Gasteiger partial charge in [0, 0.05) is 11.0 Å². The highest BCUT2D eigenvalue weighted by Crippen LogP contribution is 2.28. The number of carbonyl (C=O) groups excluding carboxylic acids is 2. The van der Waals surface area contributed by atoms with Crippen LogP contribution in [0, 0.1) is 18.2 Å². The van der Waals surface area contributed by atoms with Gasteiger partial charge >= 0.3 is 5.97 Å². The summed E-state index contributed by atoms with van der Waals surface area (Å²) >= 11 is 0. The third-order valence-electron chi connectivity index (χ3n) is 4.15. The molecule has 0 saturated heterocycles. The molecule has 0 aliphatic heterocycles. The van der Waals surface area contributed by atoms with E-state index in [9.17, 15) is 14.0 Å². The first-order valence-electron chi connectivity index (χ1n) is 8.40. The van der Waals surface area contributed by atoms with Gasteiger partial charge in [-0.25, -0.2) is 14.2 Å². The van der Waals surface area contributed by atoms with E-state index >= 15 is 0 Å². The van der Waals surface area contributed by atoms with Gasteiger partial charge < -0.3 is 9.26 Å². The SMILES string of the molecule is Cc1noc2nc(-c3ccc(F)cc3)cc(C(=O)OCC(=O)C(C)(C)C)c12. The monoisotopic (exact) mass is 370 g/mol. The molecule has 3 rings (SSSR count). The van der Waals surface area contributed by atoms with Gasteiger partial charge in [0.2, 0.25) is 0 Å². The van der Waals surface area contributed by atoms with E-state index in [0.29, 0.717) is 22.3 Å². The maximum atomic E-state index is 13.2. The molecule has 0 fully saturated rings. The predicted octanol–water partition coefficient (Wildman–Crippen LogP) is 4.11. The number of hydrogen-bond acceptors (Lipinski definition) is 6. The predicted molar refractivity (Wildman–Crippen MR) is 96.7 cm³/mol. The lowest BCUT2D eigenvalue weighted by atomic mass is 9.91. The van der Waals surface area contributed by atoms with Crippen molar-refractivity contribution in [3.63, 3.8) is 0 Å². The van der Waals surface area contributed by atoms with E-state index in [1.54, 1.807) is 39.8 Å². The number of aryl methyl sites for hydroxylation is 1. The van der Waals surface area contributed by atoms with E-state index in [-0.39, 0.29) is 29.5 Å². The molecule has 0 aliphatic carbocycles. The zero-order valence-corrected chi connectivity index (χ0v) is 15.5. The van der Waals surface area contributed by atoms with E-state index in [1.165, 1.54) is 18.2 Å². The third kappa shape index (κ3) is 3.86. The van der Waals surface area contributed by atoms with Crippen molar-refractivity contribution in [1.29, 1.82) is 0 Å². The Morgan fingerprint density at radius 2 is 1.85 bits per heavy atom. The van der Waals surface area contributed by atoms with Gasteiger partial charge in [0.15, 0.2) is 12.4 Å². The van der Waals surface area contributed by atoms with Crippen molar-refractivity contribution in [2.24, 2.45) is 5.41 Å². The van der Waals surface area contributed by atoms with Crippen molar-refractivity contribution in [1.82, 2.24) is 10.1 Å². The van der Waals surface area contributed by atoms with Gasteiger partial charge in [0.05, 0.1) is 22.3 Å². The number of fused-ring (bicyclic) bond motifs is 1. The van der Waals surface area contributed by atoms with Crippen LogP contribution < -0.4 is 0 Å². The van der Waals surface area contributed by atoms with Crippen molar-refractivity contribution < 1.29 is 23.2 Å². The van der Waals surface area contributed by atoms with Crippen LogP contribution in [0.25, 0.3) is 22.4 Å². The second-order valence-corrected chi connectivity index (χ2v) is 7.26. The van der Waals surface area contributed by atoms with Crippen molar-refractivity contribution in [2.75, 3.05) is 6.61 Å². The number of halogens is 1. The third-order valence-corrected chi connectivity index (χ3v) is 4.15. The van der Waals surface area contributed by atoms with Crippen LogP contribution in [-0.2, 0) is 9.53 Å². The zero-order chi connectivity index (χ0) is 19.8. The summed E-state index contributed by atoms with van der Waals surface area (Å²) in [7, 11) is 0. The molecule has 140 valence electrons. The van der Waals surface area contributed by atoms with Crippen molar-refractivity contribution >= 4 is 22.9 Å². The molecule has 0 atom stereocenters. The average Bonchev–Trinajstić information content (AvgIpc) is 2.99. The molecule has 0 N–H and O–H groups in total. The van der Waals surface area contributed by atoms with E-state index in [4.69, 9.17) is 9.26 Å². The van der Waals surface area contributed by atoms with Crippen molar-refractivity contribution in [3.8, 4) is 11.3 Å². The number of rotatable bonds is 4. The molecule has 2 aromatic heterocycles. The Balaban J connectivity index is 2.00. The summed E-state index contributed by atoms with van der Waals surface area (Å²) in [6, 6.07) is 7.22. The minimum Gasteiger partial charge on any atom is -0.454 e. The molecule has 3 aromatic rings. The van der Waals surface area contributed by atoms with Gasteiger partial charge in [-0.05, 0) is 37.3 Å². The molecule has 2 heterocycles. The molecule has 0 aliphatic rings. The van der Waals surface area contributed by atoms with Crippen LogP contribution in [0.2, 0.25) is 0 Å². The fraction of sp³-hybridized carbons (Fsp3) is 0.300. The number of ketones is 1. The highest BCUT2D eigenvalue weighted by molar-refractivity contribution is 6.05. The molecular weight excluding hydrogens is 351 g/mol. The maximum absolute atomic E-state index is 13.2. The van der Waals surface area contributed by atoms with Crippen LogP contribution in [0.15, 0.2) is 34.9 Å². The molecule has 0 saturated carbocycles. The molecule has 0 radical (unpaired) electrons. The number of pyridine rings is 1. The minimum absolute atomic E-state index is 0.170. The summed E-state index contributed by atoms with van der Waals surface area (Å²) in [6.07, 6.45) is 0. The largest absolute Gasteiger partial charge is 0.454 e. The van der Waals surface area contributed by atoms with Crippen molar-refractivity contribution in [3.05, 3.63) is 47.4 Å². The average molecular weight is 370 g/mol. The van der Waals surface area contributed by atoms with Gasteiger partial charge in [0.25, 0.3) is 5.71 Å². The second-order valence-electron chi connectivity index (χ2n) is 7.26. The normalized spacial score (nSPS) is 11.6. The smallest absolute Gasteiger partial charge is 0.339 e. The lowest BCUT2D eigenvalue weighted by molar-refractivity contribution is -0.129. The zero-order valence-electron chi connectivity index (χ0n) is 15.5. The first kappa shape index (κ1) is 18.7. The number of benzene rings is 1. The molecular formula is C20H19FN2O4. The first-order valence-corrected chi connectivity index (χ1v) is 8.40. The van der Waals surface area contributed by atoms with Crippen LogP contribution >= 0.6 is 0 Å². The summed E-state index contributed by atoms with van der Waals surface area (Å²) in [6.45, 7) is 6.62. The van der Waals surface area contributed by atoms with E-state index < -0.39 is 11.4 Å². The molecule has 1 aromatic carbocycles. The first-order chi connectivity index (χ1) is 12.7. The lowest BCUT2D eigenvalue weighted by Crippen LogP contribution is -2.26. The number of carbonyl (C=O) groups is 2. The van der Waals surface area contributed by atoms with Gasteiger partial charge in [-0.2, -0.15) is 0 Å². The Morgan fingerprint density at radius 3 is 2.48 bits per heavy atom. The minimum atomic E-state index is -0.672. The standard InChI is InChI=1S/C20H19FN2O4/c1-11-17-14(19(25)26-10-16(24)20(2,3)4)9-15(22-18(17)27-23-11)12-5-7-13(21)8-6-12/h5-9H,10H2,1-4H3. The fourth-order valence-corrected chi connectivity index (χ4v) is 2.45. The number of esters is 1. The summed E-state index contributed by atoms with van der Waals surface area (Å²) in [5, 5.41) is 4.28. The van der Waals surface area contributed by atoms with E-state index in [2.05, 4.69) is 10.1 Å². The number of hydrogen-bond donors (Lipinski definition) is 0. The van der Waals surface area contributed by atoms with Gasteiger partial charge in [-0.1, -0.05) is 25.9 Å². The molecule has 0 spiro atoms. The molecule has 0 bridgehead atoms. The Kier molecular flexibility index (Phi) is 4.78. The van der Waals surface area contributed by atoms with Crippen LogP contribution in [0.1, 0.15) is 36.8 Å². The number of Topliss-reactive ketones (excluding diaryl/α,β-unsaturated/α-hetero) is 1. The fourth-order valence-electron chi connectivity index (χ4n) is 2.45. The summed E-state index contributed by atoms with van der Waals surface area (Å²) in [5.41, 5.74) is 1.25. The Bertz CT molecular complexity index is 1020. The Morgan fingerprint density at radius 1 is 1.19 bits per heavy atom. The van der Waals surface area contributed by atoms with Gasteiger partial charge in [-0.15, -0.1) is 0 Å². The highest BCUT2D eigenvalue weighted by atomic mass is 19.1. The Hall–Kier alpha value is -3.09. The Labute approximate surface area is 155 Å². The topological polar surface area (TPSA) is 82.3 Å². The van der Waals surface area contributed by atoms with E-state index in [0.717, 1.165) is 0 Å². The van der Waals surface area contributed by atoms with Crippen LogP contribution in [0.3, 0.4) is 0 Å². The van der Waals surface area contributed by atoms with Gasteiger partial charge in [0.1, 0.15) is 5.82 Å². The van der Waals surface area contributed by atoms with Gasteiger partial charge in [-0.3, -0.25) is 4.79 Å². The lowest BCUT2D eigenvalue weighted by Gasteiger charge is -2.16. The van der Waals surface area contributed by atoms with Crippen molar-refractivity contribution in [2.45, 2.75) is 27.7 Å². The summed E-state index contributed by atoms with van der Waals surface area (Å²) < 4.78 is 23.6. The maximum Gasteiger partial charge on any atom is 0.339 e. The van der Waals surface area contributed by atoms with E-state index in [1.807, 2.05) is 0 Å². The second kappa shape index (κ2) is 6.90. The van der Waals surface area contributed by atoms with Crippen LogP contribution in [0.5, 0.6) is 0 Å². The molecule has 0 amide bonds. The quantitative estimate of drug-likeness (QED) is 0.643. The highest BCUT2D eigenvalue weighted by Gasteiger charge is 2.25. The molecule has 27 heavy (non-hydrogen) atoms. The van der Waals surface area contributed by atoms with Crippen LogP contribution in [-0.4, -0.2) is 28.5 Å². The molecule has 7 heteroatoms. The number of nitrogens with zero attached hydrogens (tertiary/aromatic N) is 2. The molecule has 6 nitrogen and oxygen atoms in total. The number of aromatic nitrogens is 2. The summed E-state index contributed by atoms with van der Waals surface area (Å²) in [5.74, 6) is -1.24. The number of ether oxygens (including phenoxy) is 1.